The minimum Gasteiger partial charge on any atom is -0.497 e. The lowest BCUT2D eigenvalue weighted by molar-refractivity contribution is -0.910. The van der Waals surface area contributed by atoms with Crippen molar-refractivity contribution in [2.24, 2.45) is 0 Å². The number of carbonyl (C=O) groups is 1. The minimum absolute atomic E-state index is 0.0677. The molecule has 0 radical (unpaired) electrons. The van der Waals surface area contributed by atoms with Gasteiger partial charge < -0.3 is 19.7 Å². The summed E-state index contributed by atoms with van der Waals surface area (Å²) in [5, 5.41) is 2.47. The first-order valence-corrected chi connectivity index (χ1v) is 8.83. The third kappa shape index (κ3) is 4.36. The zero-order valence-electron chi connectivity index (χ0n) is 15.4. The van der Waals surface area contributed by atoms with Crippen molar-refractivity contribution in [1.29, 1.82) is 0 Å². The summed E-state index contributed by atoms with van der Waals surface area (Å²) in [7, 11) is 3.21. The molecule has 1 amide bonds. The first kappa shape index (κ1) is 19.1. The Morgan fingerprint density at radius 2 is 2.00 bits per heavy atom. The van der Waals surface area contributed by atoms with Crippen molar-refractivity contribution in [3.63, 3.8) is 0 Å². The number of nitrogens with one attached hydrogen (secondary N) is 2. The second-order valence-electron chi connectivity index (χ2n) is 6.56. The van der Waals surface area contributed by atoms with Crippen LogP contribution in [-0.4, -0.2) is 33.2 Å². The number of rotatable bonds is 6. The van der Waals surface area contributed by atoms with Gasteiger partial charge in [-0.15, -0.1) is 0 Å². The topological polar surface area (TPSA) is 52.0 Å². The molecule has 0 bridgehead atoms. The Hall–Kier alpha value is -2.67. The predicted octanol–water partition coefficient (Wildman–Crippen LogP) is 2.34. The number of likely N-dealkylation sites (tertiary alicyclic amines) is 1. The van der Waals surface area contributed by atoms with Crippen LogP contribution < -0.4 is 19.7 Å². The summed E-state index contributed by atoms with van der Waals surface area (Å²) in [6.45, 7) is 0.963. The van der Waals surface area contributed by atoms with Gasteiger partial charge in [0.15, 0.2) is 6.54 Å². The number of anilines is 1. The first-order chi connectivity index (χ1) is 13.0. The van der Waals surface area contributed by atoms with Crippen LogP contribution in [0.2, 0.25) is 0 Å². The van der Waals surface area contributed by atoms with Crippen molar-refractivity contribution in [2.45, 2.75) is 18.9 Å². The summed E-state index contributed by atoms with van der Waals surface area (Å²) in [5.41, 5.74) is 0.836. The van der Waals surface area contributed by atoms with Gasteiger partial charge in [-0.25, -0.2) is 8.78 Å². The standard InChI is InChI=1S/C20H22F2N2O3/c1-26-14-6-8-19(27-2)15(11-14)18-4-3-9-24(18)12-20(25)23-17-10-13(21)5-7-16(17)22/h5-8,10-11,18H,3-4,9,12H2,1-2H3,(H,23,25)/p+1/t18-/m0/s1. The van der Waals surface area contributed by atoms with Crippen LogP contribution in [0, 0.1) is 11.6 Å². The van der Waals surface area contributed by atoms with Crippen LogP contribution >= 0.6 is 0 Å². The van der Waals surface area contributed by atoms with Crippen molar-refractivity contribution in [2.75, 3.05) is 32.6 Å². The molecule has 2 aromatic rings. The maximum atomic E-state index is 13.7. The van der Waals surface area contributed by atoms with Crippen LogP contribution in [0.3, 0.4) is 0 Å². The van der Waals surface area contributed by atoms with Crippen molar-refractivity contribution < 1.29 is 27.9 Å². The van der Waals surface area contributed by atoms with Crippen LogP contribution in [0.25, 0.3) is 0 Å². The number of carbonyl (C=O) groups excluding carboxylic acids is 1. The first-order valence-electron chi connectivity index (χ1n) is 8.83. The average Bonchev–Trinajstić information content (AvgIpc) is 3.11. The van der Waals surface area contributed by atoms with Gasteiger partial charge in [0, 0.05) is 18.9 Å². The van der Waals surface area contributed by atoms with Crippen LogP contribution in [0.5, 0.6) is 11.5 Å². The van der Waals surface area contributed by atoms with Crippen LogP contribution in [0.1, 0.15) is 24.4 Å². The van der Waals surface area contributed by atoms with Gasteiger partial charge in [-0.1, -0.05) is 0 Å². The number of benzene rings is 2. The Morgan fingerprint density at radius 3 is 2.74 bits per heavy atom. The number of ether oxygens (including phenoxy) is 2. The van der Waals surface area contributed by atoms with Crippen molar-refractivity contribution in [1.82, 2.24) is 0 Å². The highest BCUT2D eigenvalue weighted by Crippen LogP contribution is 2.31. The summed E-state index contributed by atoms with van der Waals surface area (Å²) in [6, 6.07) is 8.68. The Morgan fingerprint density at radius 1 is 1.19 bits per heavy atom. The molecule has 1 aliphatic rings. The van der Waals surface area contributed by atoms with E-state index in [9.17, 15) is 13.6 Å². The second kappa shape index (κ2) is 8.35. The average molecular weight is 377 g/mol. The maximum absolute atomic E-state index is 13.7. The van der Waals surface area contributed by atoms with E-state index in [1.165, 1.54) is 0 Å². The Bertz CT molecular complexity index is 829. The molecular weight excluding hydrogens is 354 g/mol. The zero-order valence-corrected chi connectivity index (χ0v) is 15.4. The smallest absolute Gasteiger partial charge is 0.279 e. The molecule has 1 aliphatic heterocycles. The quantitative estimate of drug-likeness (QED) is 0.813. The fourth-order valence-corrected chi connectivity index (χ4v) is 3.60. The van der Waals surface area contributed by atoms with Gasteiger partial charge in [-0.2, -0.15) is 0 Å². The van der Waals surface area contributed by atoms with E-state index in [2.05, 4.69) is 5.32 Å². The normalized spacial score (nSPS) is 19.0. The Balaban J connectivity index is 1.75. The lowest BCUT2D eigenvalue weighted by Gasteiger charge is -2.23. The van der Waals surface area contributed by atoms with E-state index in [-0.39, 0.29) is 24.2 Å². The molecule has 1 fully saturated rings. The number of amides is 1. The van der Waals surface area contributed by atoms with Crippen molar-refractivity contribution >= 4 is 11.6 Å². The molecule has 1 saturated heterocycles. The van der Waals surface area contributed by atoms with Crippen LogP contribution in [0.4, 0.5) is 14.5 Å². The fourth-order valence-electron chi connectivity index (χ4n) is 3.60. The summed E-state index contributed by atoms with van der Waals surface area (Å²) in [4.78, 5) is 13.5. The van der Waals surface area contributed by atoms with Gasteiger partial charge in [0.1, 0.15) is 29.2 Å². The van der Waals surface area contributed by atoms with Crippen molar-refractivity contribution in [3.05, 3.63) is 53.6 Å². The molecule has 2 N–H and O–H groups in total. The van der Waals surface area contributed by atoms with E-state index < -0.39 is 11.6 Å². The SMILES string of the molecule is COc1ccc(OC)c([C@@H]2CCC[NH+]2CC(=O)Nc2cc(F)ccc2F)c1. The molecule has 27 heavy (non-hydrogen) atoms. The second-order valence-corrected chi connectivity index (χ2v) is 6.56. The summed E-state index contributed by atoms with van der Waals surface area (Å²) >= 11 is 0. The lowest BCUT2D eigenvalue weighted by atomic mass is 10.0. The van der Waals surface area contributed by atoms with Gasteiger partial charge in [-0.05, 0) is 30.3 Å². The summed E-state index contributed by atoms with van der Waals surface area (Å²) in [5.74, 6) is -0.144. The molecule has 1 unspecified atom stereocenters. The number of hydrogen-bond acceptors (Lipinski definition) is 3. The van der Waals surface area contributed by atoms with Crippen molar-refractivity contribution in [3.8, 4) is 11.5 Å². The van der Waals surface area contributed by atoms with E-state index >= 15 is 0 Å². The highest BCUT2D eigenvalue weighted by atomic mass is 19.1. The largest absolute Gasteiger partial charge is 0.497 e. The highest BCUT2D eigenvalue weighted by Gasteiger charge is 2.34. The predicted molar refractivity (Wildman–Crippen MR) is 97.2 cm³/mol. The van der Waals surface area contributed by atoms with Gasteiger partial charge in [0.25, 0.3) is 5.91 Å². The molecule has 5 nitrogen and oxygen atoms in total. The fraction of sp³-hybridized carbons (Fsp3) is 0.350. The number of quaternary nitrogens is 1. The summed E-state index contributed by atoms with van der Waals surface area (Å²) in [6.07, 6.45) is 1.86. The zero-order chi connectivity index (χ0) is 19.4. The molecular formula is C20H23F2N2O3+. The van der Waals surface area contributed by atoms with Gasteiger partial charge in [0.2, 0.25) is 0 Å². The molecule has 0 aliphatic carbocycles. The molecule has 144 valence electrons. The van der Waals surface area contributed by atoms with Gasteiger partial charge in [-0.3, -0.25) is 4.79 Å². The van der Waals surface area contributed by atoms with E-state index in [4.69, 9.17) is 9.47 Å². The molecule has 3 rings (SSSR count). The number of hydrogen-bond donors (Lipinski definition) is 2. The molecule has 0 spiro atoms. The third-order valence-electron chi connectivity index (χ3n) is 4.89. The molecule has 2 aromatic carbocycles. The monoisotopic (exact) mass is 377 g/mol. The number of halogens is 2. The molecule has 0 saturated carbocycles. The maximum Gasteiger partial charge on any atom is 0.279 e. The van der Waals surface area contributed by atoms with Crippen LogP contribution in [0.15, 0.2) is 36.4 Å². The molecule has 0 aromatic heterocycles. The summed E-state index contributed by atoms with van der Waals surface area (Å²) < 4.78 is 37.8. The minimum atomic E-state index is -0.660. The van der Waals surface area contributed by atoms with E-state index in [0.29, 0.717) is 0 Å². The van der Waals surface area contributed by atoms with Gasteiger partial charge in [0.05, 0.1) is 32.0 Å². The van der Waals surface area contributed by atoms with E-state index in [1.54, 1.807) is 14.2 Å². The van der Waals surface area contributed by atoms with E-state index in [1.807, 2.05) is 18.2 Å². The van der Waals surface area contributed by atoms with E-state index in [0.717, 1.165) is 59.5 Å². The highest BCUT2D eigenvalue weighted by molar-refractivity contribution is 5.91. The Labute approximate surface area is 156 Å². The van der Waals surface area contributed by atoms with Gasteiger partial charge >= 0.3 is 0 Å². The third-order valence-corrected chi connectivity index (χ3v) is 4.89. The van der Waals surface area contributed by atoms with Crippen LogP contribution in [-0.2, 0) is 4.79 Å². The lowest BCUT2D eigenvalue weighted by Crippen LogP contribution is -3.11. The molecule has 1 heterocycles. The number of methoxy groups -OCH3 is 2. The molecule has 2 atom stereocenters. The Kier molecular flexibility index (Phi) is 5.91. The molecule has 7 heteroatoms.